The summed E-state index contributed by atoms with van der Waals surface area (Å²) in [6, 6.07) is 21.3. The van der Waals surface area contributed by atoms with Crippen molar-refractivity contribution in [3.8, 4) is 34.4 Å². The van der Waals surface area contributed by atoms with E-state index < -0.39 is 11.3 Å². The molecule has 36 heavy (non-hydrogen) atoms. The maximum Gasteiger partial charge on any atom is 0.347 e. The average Bonchev–Trinajstić information content (AvgIpc) is 2.92. The highest BCUT2D eigenvalue weighted by Gasteiger charge is 2.13. The number of aromatic nitrogens is 2. The lowest BCUT2D eigenvalue weighted by atomic mass is 10.0. The standard InChI is InChI=1S/C28H18N2O6/c1-33-19-7-9-23-21(13-19)27(31)35-25(29-23)17-5-3-16-12-18(6-4-15(16)11-17)26-30-24-10-8-20(34-2)14-22(24)28(32)36-26/h3-14H,1-2H3. The van der Waals surface area contributed by atoms with E-state index in [0.29, 0.717) is 44.4 Å². The van der Waals surface area contributed by atoms with Crippen molar-refractivity contribution in [2.45, 2.75) is 0 Å². The first kappa shape index (κ1) is 21.5. The van der Waals surface area contributed by atoms with Crippen molar-refractivity contribution in [3.63, 3.8) is 0 Å². The highest BCUT2D eigenvalue weighted by Crippen LogP contribution is 2.28. The van der Waals surface area contributed by atoms with E-state index >= 15 is 0 Å². The third kappa shape index (κ3) is 3.65. The van der Waals surface area contributed by atoms with E-state index in [1.165, 1.54) is 14.2 Å². The third-order valence-corrected chi connectivity index (χ3v) is 6.00. The fourth-order valence-electron chi connectivity index (χ4n) is 4.11. The highest BCUT2D eigenvalue weighted by molar-refractivity contribution is 5.90. The Hall–Kier alpha value is -4.98. The molecule has 0 N–H and O–H groups in total. The molecular weight excluding hydrogens is 460 g/mol. The van der Waals surface area contributed by atoms with Gasteiger partial charge in [-0.3, -0.25) is 0 Å². The van der Waals surface area contributed by atoms with Crippen molar-refractivity contribution < 1.29 is 18.3 Å². The first-order chi connectivity index (χ1) is 17.5. The highest BCUT2D eigenvalue weighted by atomic mass is 16.5. The van der Waals surface area contributed by atoms with E-state index in [2.05, 4.69) is 9.97 Å². The van der Waals surface area contributed by atoms with Gasteiger partial charge in [0.05, 0.1) is 36.0 Å². The molecule has 0 aliphatic rings. The molecule has 4 aromatic carbocycles. The fraction of sp³-hybridized carbons (Fsp3) is 0.0714. The van der Waals surface area contributed by atoms with Crippen LogP contribution in [0.15, 0.2) is 91.2 Å². The Bertz CT molecular complexity index is 1780. The molecular formula is C28H18N2O6. The van der Waals surface area contributed by atoms with Gasteiger partial charge in [-0.15, -0.1) is 0 Å². The van der Waals surface area contributed by atoms with Crippen molar-refractivity contribution in [2.24, 2.45) is 0 Å². The summed E-state index contributed by atoms with van der Waals surface area (Å²) in [5.74, 6) is 1.56. The van der Waals surface area contributed by atoms with Crippen LogP contribution in [0, 0.1) is 0 Å². The van der Waals surface area contributed by atoms with E-state index in [-0.39, 0.29) is 11.8 Å². The van der Waals surface area contributed by atoms with Gasteiger partial charge in [-0.2, -0.15) is 0 Å². The molecule has 6 aromatic rings. The minimum absolute atomic E-state index is 0.223. The molecule has 0 fully saturated rings. The minimum Gasteiger partial charge on any atom is -0.497 e. The van der Waals surface area contributed by atoms with Gasteiger partial charge in [0.25, 0.3) is 0 Å². The molecule has 0 aliphatic carbocycles. The van der Waals surface area contributed by atoms with Gasteiger partial charge in [0.2, 0.25) is 11.8 Å². The molecule has 0 saturated carbocycles. The maximum atomic E-state index is 12.6. The molecule has 176 valence electrons. The summed E-state index contributed by atoms with van der Waals surface area (Å²) in [5.41, 5.74) is 1.39. The summed E-state index contributed by atoms with van der Waals surface area (Å²) in [4.78, 5) is 34.1. The number of hydrogen-bond donors (Lipinski definition) is 0. The second kappa shape index (κ2) is 8.35. The molecule has 0 aliphatic heterocycles. The van der Waals surface area contributed by atoms with E-state index in [1.807, 2.05) is 36.4 Å². The Balaban J connectivity index is 1.40. The van der Waals surface area contributed by atoms with Crippen LogP contribution in [-0.2, 0) is 0 Å². The molecule has 0 saturated heterocycles. The maximum absolute atomic E-state index is 12.6. The van der Waals surface area contributed by atoms with Gasteiger partial charge in [-0.25, -0.2) is 19.6 Å². The predicted molar refractivity (Wildman–Crippen MR) is 136 cm³/mol. The largest absolute Gasteiger partial charge is 0.497 e. The number of hydrogen-bond acceptors (Lipinski definition) is 8. The predicted octanol–water partition coefficient (Wildman–Crippen LogP) is 5.19. The second-order valence-corrected chi connectivity index (χ2v) is 8.16. The number of rotatable bonds is 4. The smallest absolute Gasteiger partial charge is 0.347 e. The molecule has 0 bridgehead atoms. The SMILES string of the molecule is COc1ccc2nc(-c3ccc4cc(-c5nc6ccc(OC)cc6c(=O)o5)ccc4c3)oc(=O)c2c1. The number of fused-ring (bicyclic) bond motifs is 3. The summed E-state index contributed by atoms with van der Waals surface area (Å²) in [6.45, 7) is 0. The Labute approximate surface area is 203 Å². The number of benzene rings is 4. The van der Waals surface area contributed by atoms with Crippen LogP contribution >= 0.6 is 0 Å². The lowest BCUT2D eigenvalue weighted by Gasteiger charge is -2.07. The zero-order chi connectivity index (χ0) is 24.8. The first-order valence-corrected chi connectivity index (χ1v) is 11.0. The molecule has 0 amide bonds. The molecule has 0 unspecified atom stereocenters. The van der Waals surface area contributed by atoms with Gasteiger partial charge in [0.15, 0.2) is 0 Å². The summed E-state index contributed by atoms with van der Waals surface area (Å²) in [6.07, 6.45) is 0. The van der Waals surface area contributed by atoms with E-state index in [1.54, 1.807) is 36.4 Å². The molecule has 8 heteroatoms. The van der Waals surface area contributed by atoms with E-state index in [9.17, 15) is 9.59 Å². The summed E-state index contributed by atoms with van der Waals surface area (Å²) >= 11 is 0. The average molecular weight is 478 g/mol. The van der Waals surface area contributed by atoms with Crippen molar-refractivity contribution in [1.82, 2.24) is 9.97 Å². The molecule has 8 nitrogen and oxygen atoms in total. The number of methoxy groups -OCH3 is 2. The zero-order valence-electron chi connectivity index (χ0n) is 19.3. The number of ether oxygens (including phenoxy) is 2. The second-order valence-electron chi connectivity index (χ2n) is 8.16. The molecule has 0 radical (unpaired) electrons. The lowest BCUT2D eigenvalue weighted by Crippen LogP contribution is -2.03. The van der Waals surface area contributed by atoms with Crippen LogP contribution in [0.2, 0.25) is 0 Å². The molecule has 0 atom stereocenters. The zero-order valence-corrected chi connectivity index (χ0v) is 19.3. The van der Waals surface area contributed by atoms with Gasteiger partial charge >= 0.3 is 11.3 Å². The van der Waals surface area contributed by atoms with Crippen molar-refractivity contribution in [2.75, 3.05) is 14.2 Å². The van der Waals surface area contributed by atoms with Crippen LogP contribution in [0.5, 0.6) is 11.5 Å². The molecule has 2 heterocycles. The summed E-state index contributed by atoms with van der Waals surface area (Å²) < 4.78 is 21.3. The molecule has 6 rings (SSSR count). The fourth-order valence-corrected chi connectivity index (χ4v) is 4.11. The monoisotopic (exact) mass is 478 g/mol. The topological polar surface area (TPSA) is 105 Å². The van der Waals surface area contributed by atoms with Crippen molar-refractivity contribution in [3.05, 3.63) is 93.6 Å². The Morgan fingerprint density at radius 3 is 1.44 bits per heavy atom. The first-order valence-electron chi connectivity index (χ1n) is 11.0. The van der Waals surface area contributed by atoms with Crippen LogP contribution in [-0.4, -0.2) is 24.2 Å². The quantitative estimate of drug-likeness (QED) is 0.341. The van der Waals surface area contributed by atoms with E-state index in [0.717, 1.165) is 10.8 Å². The normalized spacial score (nSPS) is 11.3. The van der Waals surface area contributed by atoms with Gasteiger partial charge in [0.1, 0.15) is 11.5 Å². The molecule has 2 aromatic heterocycles. The summed E-state index contributed by atoms with van der Waals surface area (Å²) in [7, 11) is 3.07. The van der Waals surface area contributed by atoms with Gasteiger partial charge in [-0.05, 0) is 71.4 Å². The van der Waals surface area contributed by atoms with Crippen LogP contribution in [0.3, 0.4) is 0 Å². The Morgan fingerprint density at radius 1 is 0.583 bits per heavy atom. The lowest BCUT2D eigenvalue weighted by molar-refractivity contribution is 0.415. The minimum atomic E-state index is -0.487. The van der Waals surface area contributed by atoms with Crippen LogP contribution in [0.25, 0.3) is 55.5 Å². The summed E-state index contributed by atoms with van der Waals surface area (Å²) in [5, 5.41) is 2.49. The van der Waals surface area contributed by atoms with Crippen molar-refractivity contribution in [1.29, 1.82) is 0 Å². The van der Waals surface area contributed by atoms with E-state index in [4.69, 9.17) is 18.3 Å². The van der Waals surface area contributed by atoms with Crippen molar-refractivity contribution >= 4 is 32.6 Å². The Kier molecular flexibility index (Phi) is 5.00. The number of nitrogens with zero attached hydrogens (tertiary/aromatic N) is 2. The van der Waals surface area contributed by atoms with Crippen LogP contribution < -0.4 is 20.7 Å². The van der Waals surface area contributed by atoms with Crippen LogP contribution in [0.4, 0.5) is 0 Å². The molecule has 0 spiro atoms. The Morgan fingerprint density at radius 2 is 1.03 bits per heavy atom. The third-order valence-electron chi connectivity index (χ3n) is 6.00. The van der Waals surface area contributed by atoms with Gasteiger partial charge in [0, 0.05) is 11.1 Å². The van der Waals surface area contributed by atoms with Gasteiger partial charge < -0.3 is 18.3 Å². The van der Waals surface area contributed by atoms with Crippen LogP contribution in [0.1, 0.15) is 0 Å². The van der Waals surface area contributed by atoms with Gasteiger partial charge in [-0.1, -0.05) is 12.1 Å².